The fourth-order valence-electron chi connectivity index (χ4n) is 3.34. The zero-order valence-electron chi connectivity index (χ0n) is 14.8. The quantitative estimate of drug-likeness (QED) is 0.416. The first-order chi connectivity index (χ1) is 13.0. The Hall–Kier alpha value is -2.41. The summed E-state index contributed by atoms with van der Waals surface area (Å²) in [4.78, 5) is 50.0. The summed E-state index contributed by atoms with van der Waals surface area (Å²) in [5.41, 5.74) is 0.414. The summed E-state index contributed by atoms with van der Waals surface area (Å²) in [5.74, 6) is -1.12. The van der Waals surface area contributed by atoms with Crippen molar-refractivity contribution in [2.24, 2.45) is 0 Å². The summed E-state index contributed by atoms with van der Waals surface area (Å²) in [6, 6.07) is 3.88. The van der Waals surface area contributed by atoms with Crippen molar-refractivity contribution in [2.75, 3.05) is 12.5 Å². The van der Waals surface area contributed by atoms with Crippen LogP contribution in [0.3, 0.4) is 0 Å². The Bertz CT molecular complexity index is 779. The minimum atomic E-state index is -0.974. The minimum absolute atomic E-state index is 0.0927. The number of amides is 4. The third-order valence-corrected chi connectivity index (χ3v) is 4.98. The van der Waals surface area contributed by atoms with E-state index >= 15 is 0 Å². The van der Waals surface area contributed by atoms with Crippen LogP contribution >= 0.6 is 11.6 Å². The average Bonchev–Trinajstić information content (AvgIpc) is 2.90. The van der Waals surface area contributed by atoms with Gasteiger partial charge in [-0.3, -0.25) is 29.4 Å². The Labute approximate surface area is 162 Å². The van der Waals surface area contributed by atoms with E-state index in [1.54, 1.807) is 18.2 Å². The standard InChI is InChI=1S/C19H21ClN2O5/c20-10-3-1-2-4-11-27-14-7-5-6-12-16(14)19(26)22(18(12)25)13-8-9-15(23)21-17(13)24/h5-7,13H,1-4,8-11H2,(H,21,23,24). The fraction of sp³-hybridized carbons (Fsp3) is 0.474. The molecule has 0 spiro atoms. The minimum Gasteiger partial charge on any atom is -0.493 e. The predicted molar refractivity (Wildman–Crippen MR) is 97.8 cm³/mol. The van der Waals surface area contributed by atoms with Crippen LogP contribution in [0.2, 0.25) is 0 Å². The number of rotatable bonds is 8. The van der Waals surface area contributed by atoms with Gasteiger partial charge in [-0.05, 0) is 31.4 Å². The number of nitrogens with zero attached hydrogens (tertiary/aromatic N) is 1. The Balaban J connectivity index is 1.72. The maximum Gasteiger partial charge on any atom is 0.266 e. The van der Waals surface area contributed by atoms with Crippen molar-refractivity contribution < 1.29 is 23.9 Å². The molecule has 1 aromatic rings. The number of carbonyl (C=O) groups excluding carboxylic acids is 4. The van der Waals surface area contributed by atoms with Crippen molar-refractivity contribution in [3.63, 3.8) is 0 Å². The highest BCUT2D eigenvalue weighted by atomic mass is 35.5. The van der Waals surface area contributed by atoms with Gasteiger partial charge in [0.1, 0.15) is 11.8 Å². The van der Waals surface area contributed by atoms with Gasteiger partial charge in [-0.1, -0.05) is 18.9 Å². The van der Waals surface area contributed by atoms with Gasteiger partial charge in [0, 0.05) is 12.3 Å². The molecule has 3 rings (SSSR count). The molecule has 1 N–H and O–H groups in total. The molecule has 0 aromatic heterocycles. The number of piperidine rings is 1. The second kappa shape index (κ2) is 8.52. The molecule has 1 unspecified atom stereocenters. The van der Waals surface area contributed by atoms with E-state index in [0.29, 0.717) is 18.2 Å². The summed E-state index contributed by atoms with van der Waals surface area (Å²) in [6.45, 7) is 0.429. The number of fused-ring (bicyclic) bond motifs is 1. The van der Waals surface area contributed by atoms with Crippen LogP contribution in [0, 0.1) is 0 Å². The number of imide groups is 2. The molecule has 1 atom stereocenters. The normalized spacial score (nSPS) is 19.3. The van der Waals surface area contributed by atoms with E-state index in [1.165, 1.54) is 0 Å². The molecule has 1 aromatic carbocycles. The van der Waals surface area contributed by atoms with Gasteiger partial charge in [0.15, 0.2) is 0 Å². The lowest BCUT2D eigenvalue weighted by Crippen LogP contribution is -2.54. The first-order valence-corrected chi connectivity index (χ1v) is 9.61. The van der Waals surface area contributed by atoms with Gasteiger partial charge in [-0.15, -0.1) is 11.6 Å². The zero-order chi connectivity index (χ0) is 19.4. The molecule has 1 saturated heterocycles. The van der Waals surface area contributed by atoms with Gasteiger partial charge in [-0.2, -0.15) is 0 Å². The molecule has 2 heterocycles. The lowest BCUT2D eigenvalue weighted by Gasteiger charge is -2.27. The van der Waals surface area contributed by atoms with Gasteiger partial charge in [0.05, 0.1) is 17.7 Å². The largest absolute Gasteiger partial charge is 0.493 e. The Morgan fingerprint density at radius 1 is 1.07 bits per heavy atom. The van der Waals surface area contributed by atoms with E-state index in [9.17, 15) is 19.2 Å². The molecule has 0 aliphatic carbocycles. The SMILES string of the molecule is O=C1CCC(N2C(=O)c3cccc(OCCCCCCCl)c3C2=O)C(=O)N1. The van der Waals surface area contributed by atoms with Crippen LogP contribution in [0.4, 0.5) is 0 Å². The van der Waals surface area contributed by atoms with E-state index in [-0.39, 0.29) is 24.0 Å². The van der Waals surface area contributed by atoms with Crippen molar-refractivity contribution >= 4 is 35.2 Å². The van der Waals surface area contributed by atoms with Crippen LogP contribution in [0.25, 0.3) is 0 Å². The Morgan fingerprint density at radius 2 is 1.85 bits per heavy atom. The second-order valence-electron chi connectivity index (χ2n) is 6.58. The highest BCUT2D eigenvalue weighted by molar-refractivity contribution is 6.24. The first kappa shape index (κ1) is 19.4. The lowest BCUT2D eigenvalue weighted by molar-refractivity contribution is -0.136. The van der Waals surface area contributed by atoms with E-state index in [2.05, 4.69) is 5.32 Å². The first-order valence-electron chi connectivity index (χ1n) is 9.08. The van der Waals surface area contributed by atoms with Gasteiger partial charge in [0.25, 0.3) is 11.8 Å². The number of halogens is 1. The van der Waals surface area contributed by atoms with Crippen LogP contribution in [-0.2, 0) is 9.59 Å². The number of ether oxygens (including phenoxy) is 1. The smallest absolute Gasteiger partial charge is 0.266 e. The summed E-state index contributed by atoms with van der Waals surface area (Å²) in [7, 11) is 0. The molecule has 0 saturated carbocycles. The molecule has 144 valence electrons. The average molecular weight is 393 g/mol. The molecule has 2 aliphatic heterocycles. The summed E-state index contributed by atoms with van der Waals surface area (Å²) < 4.78 is 5.74. The molecular formula is C19H21ClN2O5. The number of nitrogens with one attached hydrogen (secondary N) is 1. The molecule has 7 nitrogen and oxygen atoms in total. The van der Waals surface area contributed by atoms with Crippen molar-refractivity contribution in [2.45, 2.75) is 44.6 Å². The van der Waals surface area contributed by atoms with Crippen LogP contribution in [0.5, 0.6) is 5.75 Å². The van der Waals surface area contributed by atoms with Gasteiger partial charge < -0.3 is 4.74 Å². The van der Waals surface area contributed by atoms with Gasteiger partial charge in [-0.25, -0.2) is 0 Å². The maximum atomic E-state index is 12.9. The Kier molecular flexibility index (Phi) is 6.11. The second-order valence-corrected chi connectivity index (χ2v) is 6.96. The third kappa shape index (κ3) is 3.98. The van der Waals surface area contributed by atoms with E-state index in [1.807, 2.05) is 0 Å². The van der Waals surface area contributed by atoms with Crippen LogP contribution in [0.1, 0.15) is 59.2 Å². The molecule has 4 amide bonds. The molecule has 2 aliphatic rings. The van der Waals surface area contributed by atoms with Crippen molar-refractivity contribution in [3.05, 3.63) is 29.3 Å². The Morgan fingerprint density at radius 3 is 2.59 bits per heavy atom. The van der Waals surface area contributed by atoms with Crippen LogP contribution in [-0.4, -0.2) is 47.1 Å². The number of carbonyl (C=O) groups is 4. The van der Waals surface area contributed by atoms with E-state index < -0.39 is 29.7 Å². The zero-order valence-corrected chi connectivity index (χ0v) is 15.6. The fourth-order valence-corrected chi connectivity index (χ4v) is 3.53. The molecule has 0 radical (unpaired) electrons. The molecule has 1 fully saturated rings. The van der Waals surface area contributed by atoms with Crippen LogP contribution in [0.15, 0.2) is 18.2 Å². The molecular weight excluding hydrogens is 372 g/mol. The maximum absolute atomic E-state index is 12.9. The predicted octanol–water partition coefficient (Wildman–Crippen LogP) is 2.27. The number of hydrogen-bond donors (Lipinski definition) is 1. The summed E-state index contributed by atoms with van der Waals surface area (Å²) >= 11 is 5.65. The van der Waals surface area contributed by atoms with Crippen molar-refractivity contribution in [1.29, 1.82) is 0 Å². The number of unbranched alkanes of at least 4 members (excludes halogenated alkanes) is 3. The molecule has 0 bridgehead atoms. The van der Waals surface area contributed by atoms with E-state index in [0.717, 1.165) is 30.6 Å². The van der Waals surface area contributed by atoms with E-state index in [4.69, 9.17) is 16.3 Å². The van der Waals surface area contributed by atoms with Gasteiger partial charge in [0.2, 0.25) is 11.8 Å². The summed E-state index contributed by atoms with van der Waals surface area (Å²) in [5, 5.41) is 2.18. The topological polar surface area (TPSA) is 92.8 Å². The highest BCUT2D eigenvalue weighted by Crippen LogP contribution is 2.33. The summed E-state index contributed by atoms with van der Waals surface area (Å²) in [6.07, 6.45) is 3.98. The monoisotopic (exact) mass is 392 g/mol. The van der Waals surface area contributed by atoms with Gasteiger partial charge >= 0.3 is 0 Å². The lowest BCUT2D eigenvalue weighted by atomic mass is 10.0. The van der Waals surface area contributed by atoms with Crippen molar-refractivity contribution in [1.82, 2.24) is 10.2 Å². The number of alkyl halides is 1. The number of hydrogen-bond acceptors (Lipinski definition) is 5. The molecule has 27 heavy (non-hydrogen) atoms. The highest BCUT2D eigenvalue weighted by Gasteiger charge is 2.45. The molecule has 8 heteroatoms. The van der Waals surface area contributed by atoms with Crippen LogP contribution < -0.4 is 10.1 Å². The number of benzene rings is 1. The third-order valence-electron chi connectivity index (χ3n) is 4.72. The van der Waals surface area contributed by atoms with Crippen molar-refractivity contribution in [3.8, 4) is 5.75 Å².